The SMILES string of the molecule is C/C=C(\O/N=C(/C)N)C(C)CC. The Hall–Kier alpha value is -0.990. The van der Waals surface area contributed by atoms with E-state index < -0.39 is 0 Å². The minimum absolute atomic E-state index is 0.401. The van der Waals surface area contributed by atoms with Gasteiger partial charge in [-0.1, -0.05) is 19.0 Å². The molecule has 0 fully saturated rings. The molecule has 0 aromatic carbocycles. The first kappa shape index (κ1) is 11.0. The second kappa shape index (κ2) is 5.63. The minimum atomic E-state index is 0.401. The zero-order valence-electron chi connectivity index (χ0n) is 8.29. The molecule has 0 saturated carbocycles. The lowest BCUT2D eigenvalue weighted by atomic mass is 10.1. The van der Waals surface area contributed by atoms with Crippen molar-refractivity contribution in [2.45, 2.75) is 34.1 Å². The van der Waals surface area contributed by atoms with E-state index in [1.165, 1.54) is 0 Å². The summed E-state index contributed by atoms with van der Waals surface area (Å²) < 4.78 is 0. The Morgan fingerprint density at radius 3 is 2.58 bits per heavy atom. The van der Waals surface area contributed by atoms with Crippen molar-refractivity contribution >= 4 is 5.84 Å². The van der Waals surface area contributed by atoms with E-state index in [-0.39, 0.29) is 0 Å². The molecule has 0 amide bonds. The smallest absolute Gasteiger partial charge is 0.136 e. The van der Waals surface area contributed by atoms with Crippen molar-refractivity contribution in [1.29, 1.82) is 0 Å². The predicted octanol–water partition coefficient (Wildman–Crippen LogP) is 2.25. The number of nitrogens with two attached hydrogens (primary N) is 1. The van der Waals surface area contributed by atoms with E-state index in [0.717, 1.165) is 12.2 Å². The summed E-state index contributed by atoms with van der Waals surface area (Å²) in [5, 5.41) is 3.69. The Morgan fingerprint density at radius 1 is 1.67 bits per heavy atom. The lowest BCUT2D eigenvalue weighted by Gasteiger charge is -2.10. The highest BCUT2D eigenvalue weighted by molar-refractivity contribution is 5.76. The molecule has 0 aliphatic carbocycles. The Kier molecular flexibility index (Phi) is 5.17. The number of amidine groups is 1. The lowest BCUT2D eigenvalue weighted by molar-refractivity contribution is 0.190. The molecule has 2 N–H and O–H groups in total. The van der Waals surface area contributed by atoms with Gasteiger partial charge in [0, 0.05) is 5.92 Å². The average Bonchev–Trinajstić information content (AvgIpc) is 2.04. The zero-order chi connectivity index (χ0) is 9.56. The van der Waals surface area contributed by atoms with Crippen molar-refractivity contribution in [3.63, 3.8) is 0 Å². The normalized spacial score (nSPS) is 16.0. The molecule has 3 nitrogen and oxygen atoms in total. The Labute approximate surface area is 74.3 Å². The molecule has 0 rings (SSSR count). The number of oxime groups is 1. The molecule has 0 spiro atoms. The molecule has 12 heavy (non-hydrogen) atoms. The Balaban J connectivity index is 4.11. The number of allylic oxidation sites excluding steroid dienone is 2. The van der Waals surface area contributed by atoms with Gasteiger partial charge in [0.2, 0.25) is 0 Å². The maximum Gasteiger partial charge on any atom is 0.136 e. The van der Waals surface area contributed by atoms with Crippen molar-refractivity contribution in [2.24, 2.45) is 16.8 Å². The average molecular weight is 170 g/mol. The predicted molar refractivity (Wildman–Crippen MR) is 51.6 cm³/mol. The van der Waals surface area contributed by atoms with Gasteiger partial charge in [-0.05, 0) is 26.3 Å². The Bertz CT molecular complexity index is 181. The minimum Gasteiger partial charge on any atom is -0.385 e. The number of hydrogen-bond donors (Lipinski definition) is 1. The molecule has 0 heterocycles. The summed E-state index contributed by atoms with van der Waals surface area (Å²) in [4.78, 5) is 5.13. The van der Waals surface area contributed by atoms with Crippen molar-refractivity contribution in [2.75, 3.05) is 0 Å². The van der Waals surface area contributed by atoms with Crippen LogP contribution in [0.25, 0.3) is 0 Å². The monoisotopic (exact) mass is 170 g/mol. The number of rotatable bonds is 4. The van der Waals surface area contributed by atoms with Crippen LogP contribution in [0.2, 0.25) is 0 Å². The maximum absolute atomic E-state index is 5.33. The first-order valence-electron chi connectivity index (χ1n) is 4.25. The first-order valence-corrected chi connectivity index (χ1v) is 4.25. The summed E-state index contributed by atoms with van der Waals surface area (Å²) in [7, 11) is 0. The van der Waals surface area contributed by atoms with Gasteiger partial charge in [-0.2, -0.15) is 0 Å². The van der Waals surface area contributed by atoms with Gasteiger partial charge in [0.05, 0.1) is 0 Å². The third-order valence-corrected chi connectivity index (χ3v) is 1.68. The quantitative estimate of drug-likeness (QED) is 0.304. The molecule has 0 bridgehead atoms. The van der Waals surface area contributed by atoms with Crippen LogP contribution in [0, 0.1) is 5.92 Å². The van der Waals surface area contributed by atoms with E-state index in [2.05, 4.69) is 19.0 Å². The molecular formula is C9H18N2O. The van der Waals surface area contributed by atoms with Crippen molar-refractivity contribution in [3.05, 3.63) is 11.8 Å². The molecular weight excluding hydrogens is 152 g/mol. The number of hydrogen-bond acceptors (Lipinski definition) is 2. The molecule has 1 unspecified atom stereocenters. The van der Waals surface area contributed by atoms with E-state index in [1.807, 2.05) is 13.0 Å². The molecule has 0 aliphatic heterocycles. The molecule has 70 valence electrons. The summed E-state index contributed by atoms with van der Waals surface area (Å²) in [5.74, 6) is 1.72. The van der Waals surface area contributed by atoms with Crippen molar-refractivity contribution < 1.29 is 4.84 Å². The highest BCUT2D eigenvalue weighted by Gasteiger charge is 2.06. The van der Waals surface area contributed by atoms with Gasteiger partial charge in [0.1, 0.15) is 11.6 Å². The van der Waals surface area contributed by atoms with E-state index in [0.29, 0.717) is 11.8 Å². The molecule has 3 heteroatoms. The molecule has 0 aliphatic rings. The fourth-order valence-electron chi connectivity index (χ4n) is 0.753. The van der Waals surface area contributed by atoms with E-state index >= 15 is 0 Å². The topological polar surface area (TPSA) is 47.6 Å². The van der Waals surface area contributed by atoms with Gasteiger partial charge < -0.3 is 10.6 Å². The van der Waals surface area contributed by atoms with Crippen LogP contribution in [0.15, 0.2) is 17.0 Å². The standard InChI is InChI=1S/C9H18N2O/c1-5-7(3)9(6-2)12-11-8(4)10/h6-7H,5H2,1-4H3,(H2,10,11)/b9-6-. The van der Waals surface area contributed by atoms with Crippen LogP contribution >= 0.6 is 0 Å². The largest absolute Gasteiger partial charge is 0.385 e. The fraction of sp³-hybridized carbons (Fsp3) is 0.667. The molecule has 0 aromatic rings. The third-order valence-electron chi connectivity index (χ3n) is 1.68. The van der Waals surface area contributed by atoms with Gasteiger partial charge in [0.25, 0.3) is 0 Å². The van der Waals surface area contributed by atoms with Gasteiger partial charge in [-0.15, -0.1) is 0 Å². The summed E-state index contributed by atoms with van der Waals surface area (Å²) in [6, 6.07) is 0. The van der Waals surface area contributed by atoms with Gasteiger partial charge >= 0.3 is 0 Å². The van der Waals surface area contributed by atoms with Gasteiger partial charge in [-0.25, -0.2) is 0 Å². The van der Waals surface area contributed by atoms with Gasteiger partial charge in [-0.3, -0.25) is 0 Å². The third kappa shape index (κ3) is 4.01. The van der Waals surface area contributed by atoms with E-state index in [9.17, 15) is 0 Å². The highest BCUT2D eigenvalue weighted by Crippen LogP contribution is 2.15. The second-order valence-corrected chi connectivity index (χ2v) is 2.82. The highest BCUT2D eigenvalue weighted by atomic mass is 16.6. The summed E-state index contributed by atoms with van der Waals surface area (Å²) in [5.41, 5.74) is 5.33. The zero-order valence-corrected chi connectivity index (χ0v) is 8.29. The van der Waals surface area contributed by atoms with Crippen LogP contribution in [0.4, 0.5) is 0 Å². The van der Waals surface area contributed by atoms with Crippen LogP contribution in [-0.2, 0) is 4.84 Å². The van der Waals surface area contributed by atoms with Crippen LogP contribution < -0.4 is 5.73 Å². The first-order chi connectivity index (χ1) is 5.61. The van der Waals surface area contributed by atoms with Crippen LogP contribution in [0.5, 0.6) is 0 Å². The summed E-state index contributed by atoms with van der Waals surface area (Å²) in [6.07, 6.45) is 2.96. The molecule has 0 saturated heterocycles. The maximum atomic E-state index is 5.33. The van der Waals surface area contributed by atoms with E-state index in [4.69, 9.17) is 10.6 Å². The number of nitrogens with zero attached hydrogens (tertiary/aromatic N) is 1. The summed E-state index contributed by atoms with van der Waals surface area (Å²) >= 11 is 0. The molecule has 0 aromatic heterocycles. The van der Waals surface area contributed by atoms with E-state index in [1.54, 1.807) is 6.92 Å². The van der Waals surface area contributed by atoms with Crippen LogP contribution in [0.1, 0.15) is 34.1 Å². The van der Waals surface area contributed by atoms with Crippen LogP contribution in [0.3, 0.4) is 0 Å². The lowest BCUT2D eigenvalue weighted by Crippen LogP contribution is -2.07. The second-order valence-electron chi connectivity index (χ2n) is 2.82. The molecule has 1 atom stereocenters. The fourth-order valence-corrected chi connectivity index (χ4v) is 0.753. The van der Waals surface area contributed by atoms with Gasteiger partial charge in [0.15, 0.2) is 0 Å². The van der Waals surface area contributed by atoms with Crippen LogP contribution in [-0.4, -0.2) is 5.84 Å². The van der Waals surface area contributed by atoms with Crippen molar-refractivity contribution in [3.8, 4) is 0 Å². The molecule has 0 radical (unpaired) electrons. The summed E-state index contributed by atoms with van der Waals surface area (Å²) in [6.45, 7) is 7.83. The van der Waals surface area contributed by atoms with Crippen molar-refractivity contribution in [1.82, 2.24) is 0 Å². The Morgan fingerprint density at radius 2 is 2.25 bits per heavy atom.